The number of benzene rings is 1. The van der Waals surface area contributed by atoms with Crippen molar-refractivity contribution in [3.8, 4) is 0 Å². The molecular formula is C12H18ClNO3S. The Kier molecular flexibility index (Phi) is 5.59. The molecule has 0 saturated heterocycles. The van der Waals surface area contributed by atoms with Gasteiger partial charge in [0.2, 0.25) is 10.0 Å². The van der Waals surface area contributed by atoms with E-state index in [0.29, 0.717) is 5.02 Å². The highest BCUT2D eigenvalue weighted by molar-refractivity contribution is 7.89. The number of methoxy groups -OCH3 is 1. The van der Waals surface area contributed by atoms with Gasteiger partial charge in [0.05, 0.1) is 11.9 Å². The second-order valence-corrected chi connectivity index (χ2v) is 6.51. The number of halogens is 1. The van der Waals surface area contributed by atoms with Crippen LogP contribution in [0.15, 0.2) is 18.2 Å². The minimum atomic E-state index is -3.34. The largest absolute Gasteiger partial charge is 0.381 e. The fourth-order valence-corrected chi connectivity index (χ4v) is 2.90. The Hall–Kier alpha value is -0.620. The lowest BCUT2D eigenvalue weighted by molar-refractivity contribution is 0.136. The maximum Gasteiger partial charge on any atom is 0.214 e. The van der Waals surface area contributed by atoms with Crippen molar-refractivity contribution < 1.29 is 13.2 Å². The van der Waals surface area contributed by atoms with Crippen LogP contribution >= 0.6 is 11.6 Å². The molecule has 18 heavy (non-hydrogen) atoms. The number of ether oxygens (including phenoxy) is 1. The molecule has 0 spiro atoms. The van der Waals surface area contributed by atoms with Gasteiger partial charge in [-0.25, -0.2) is 13.1 Å². The summed E-state index contributed by atoms with van der Waals surface area (Å²) in [6, 6.07) is 5.41. The van der Waals surface area contributed by atoms with Crippen LogP contribution in [0.2, 0.25) is 5.02 Å². The van der Waals surface area contributed by atoms with Crippen LogP contribution in [0.1, 0.15) is 18.1 Å². The van der Waals surface area contributed by atoms with Gasteiger partial charge in [-0.3, -0.25) is 0 Å². The molecule has 0 fully saturated rings. The van der Waals surface area contributed by atoms with E-state index in [4.69, 9.17) is 16.3 Å². The van der Waals surface area contributed by atoms with Gasteiger partial charge in [0, 0.05) is 18.7 Å². The molecule has 1 rings (SSSR count). The van der Waals surface area contributed by atoms with Gasteiger partial charge in [0.25, 0.3) is 0 Å². The summed E-state index contributed by atoms with van der Waals surface area (Å²) in [6.07, 6.45) is -0.331. The standard InChI is InChI=1S/C12H18ClNO3S/c1-9-4-5-12(13)6-11(9)7-14-18(15,16)8-10(2)17-3/h4-6,10,14H,7-8H2,1-3H3/t10-/m0/s1. The van der Waals surface area contributed by atoms with E-state index in [1.165, 1.54) is 7.11 Å². The second kappa shape index (κ2) is 6.52. The van der Waals surface area contributed by atoms with Crippen molar-refractivity contribution in [2.24, 2.45) is 0 Å². The lowest BCUT2D eigenvalue weighted by Gasteiger charge is -2.12. The summed E-state index contributed by atoms with van der Waals surface area (Å²) in [5, 5.41) is 0.597. The van der Waals surface area contributed by atoms with Crippen LogP contribution in [-0.4, -0.2) is 27.4 Å². The Morgan fingerprint density at radius 1 is 1.44 bits per heavy atom. The zero-order chi connectivity index (χ0) is 13.8. The van der Waals surface area contributed by atoms with Crippen LogP contribution < -0.4 is 4.72 Å². The van der Waals surface area contributed by atoms with Crippen LogP contribution in [-0.2, 0) is 21.3 Å². The Balaban J connectivity index is 2.67. The van der Waals surface area contributed by atoms with Crippen LogP contribution in [0.4, 0.5) is 0 Å². The smallest absolute Gasteiger partial charge is 0.214 e. The van der Waals surface area contributed by atoms with E-state index in [1.807, 2.05) is 13.0 Å². The topological polar surface area (TPSA) is 55.4 Å². The Bertz CT molecular complexity index is 502. The Morgan fingerprint density at radius 3 is 2.72 bits per heavy atom. The summed E-state index contributed by atoms with van der Waals surface area (Å²) in [7, 11) is -1.85. The number of rotatable bonds is 6. The molecule has 1 aromatic rings. The molecular weight excluding hydrogens is 274 g/mol. The second-order valence-electron chi connectivity index (χ2n) is 4.22. The minimum Gasteiger partial charge on any atom is -0.381 e. The van der Waals surface area contributed by atoms with E-state index in [1.54, 1.807) is 19.1 Å². The number of sulfonamides is 1. The van der Waals surface area contributed by atoms with Crippen LogP contribution in [0.25, 0.3) is 0 Å². The molecule has 0 amide bonds. The fourth-order valence-electron chi connectivity index (χ4n) is 1.45. The summed E-state index contributed by atoms with van der Waals surface area (Å²) >= 11 is 5.88. The molecule has 102 valence electrons. The quantitative estimate of drug-likeness (QED) is 0.873. The molecule has 6 heteroatoms. The van der Waals surface area contributed by atoms with Crippen molar-refractivity contribution in [1.82, 2.24) is 4.72 Å². The number of hydrogen-bond donors (Lipinski definition) is 1. The fraction of sp³-hybridized carbons (Fsp3) is 0.500. The summed E-state index contributed by atoms with van der Waals surface area (Å²) in [4.78, 5) is 0. The first-order chi connectivity index (χ1) is 8.34. The van der Waals surface area contributed by atoms with Gasteiger partial charge in [0.1, 0.15) is 0 Å². The monoisotopic (exact) mass is 291 g/mol. The minimum absolute atomic E-state index is 0.0525. The Morgan fingerprint density at radius 2 is 2.11 bits per heavy atom. The molecule has 1 atom stereocenters. The zero-order valence-electron chi connectivity index (χ0n) is 10.7. The SMILES string of the molecule is CO[C@@H](C)CS(=O)(=O)NCc1cc(Cl)ccc1C. The first-order valence-corrected chi connectivity index (χ1v) is 7.62. The van der Waals surface area contributed by atoms with Crippen molar-refractivity contribution in [3.63, 3.8) is 0 Å². The predicted octanol–water partition coefficient (Wildman–Crippen LogP) is 2.10. The normalized spacial score (nSPS) is 13.6. The lowest BCUT2D eigenvalue weighted by Crippen LogP contribution is -2.31. The molecule has 0 heterocycles. The van der Waals surface area contributed by atoms with Gasteiger partial charge >= 0.3 is 0 Å². The molecule has 0 aliphatic heterocycles. The van der Waals surface area contributed by atoms with Crippen molar-refractivity contribution >= 4 is 21.6 Å². The first kappa shape index (κ1) is 15.4. The van der Waals surface area contributed by atoms with Crippen molar-refractivity contribution in [1.29, 1.82) is 0 Å². The van der Waals surface area contributed by atoms with E-state index in [-0.39, 0.29) is 18.4 Å². The van der Waals surface area contributed by atoms with E-state index < -0.39 is 10.0 Å². The molecule has 4 nitrogen and oxygen atoms in total. The van der Waals surface area contributed by atoms with Gasteiger partial charge in [-0.05, 0) is 37.1 Å². The molecule has 1 N–H and O–H groups in total. The molecule has 0 aliphatic carbocycles. The average Bonchev–Trinajstić information content (AvgIpc) is 2.30. The van der Waals surface area contributed by atoms with Gasteiger partial charge in [0.15, 0.2) is 0 Å². The average molecular weight is 292 g/mol. The summed E-state index contributed by atoms with van der Waals surface area (Å²) < 4.78 is 31.0. The van der Waals surface area contributed by atoms with Gasteiger partial charge in [-0.15, -0.1) is 0 Å². The number of hydrogen-bond acceptors (Lipinski definition) is 3. The van der Waals surface area contributed by atoms with Gasteiger partial charge in [-0.1, -0.05) is 17.7 Å². The molecule has 0 aromatic heterocycles. The highest BCUT2D eigenvalue weighted by Gasteiger charge is 2.15. The first-order valence-electron chi connectivity index (χ1n) is 5.59. The molecule has 0 saturated carbocycles. The van der Waals surface area contributed by atoms with E-state index in [2.05, 4.69) is 4.72 Å². The molecule has 0 unspecified atom stereocenters. The third-order valence-corrected chi connectivity index (χ3v) is 4.38. The summed E-state index contributed by atoms with van der Waals surface area (Å²) in [6.45, 7) is 3.87. The van der Waals surface area contributed by atoms with E-state index in [0.717, 1.165) is 11.1 Å². The summed E-state index contributed by atoms with van der Waals surface area (Å²) in [5.74, 6) is -0.0525. The van der Waals surface area contributed by atoms with Crippen LogP contribution in [0.3, 0.4) is 0 Å². The highest BCUT2D eigenvalue weighted by atomic mass is 35.5. The predicted molar refractivity (Wildman–Crippen MR) is 73.3 cm³/mol. The zero-order valence-corrected chi connectivity index (χ0v) is 12.3. The lowest BCUT2D eigenvalue weighted by atomic mass is 10.1. The third kappa shape index (κ3) is 4.94. The molecule has 0 aliphatic rings. The van der Waals surface area contributed by atoms with Crippen molar-refractivity contribution in [3.05, 3.63) is 34.3 Å². The molecule has 0 bridgehead atoms. The van der Waals surface area contributed by atoms with Crippen LogP contribution in [0.5, 0.6) is 0 Å². The van der Waals surface area contributed by atoms with Crippen molar-refractivity contribution in [2.75, 3.05) is 12.9 Å². The summed E-state index contributed by atoms with van der Waals surface area (Å²) in [5.41, 5.74) is 1.87. The molecule has 1 aromatic carbocycles. The maximum atomic E-state index is 11.7. The highest BCUT2D eigenvalue weighted by Crippen LogP contribution is 2.15. The third-order valence-electron chi connectivity index (χ3n) is 2.65. The van der Waals surface area contributed by atoms with E-state index in [9.17, 15) is 8.42 Å². The Labute approximate surface area is 113 Å². The van der Waals surface area contributed by atoms with Gasteiger partial charge < -0.3 is 4.74 Å². The number of aryl methyl sites for hydroxylation is 1. The van der Waals surface area contributed by atoms with E-state index >= 15 is 0 Å². The van der Waals surface area contributed by atoms with Gasteiger partial charge in [-0.2, -0.15) is 0 Å². The number of nitrogens with one attached hydrogen (secondary N) is 1. The van der Waals surface area contributed by atoms with Crippen molar-refractivity contribution in [2.45, 2.75) is 26.5 Å². The maximum absolute atomic E-state index is 11.7. The van der Waals surface area contributed by atoms with Crippen LogP contribution in [0, 0.1) is 6.92 Å². The molecule has 0 radical (unpaired) electrons.